The molecule has 1 fully saturated rings. The molecule has 1 amide bonds. The van der Waals surface area contributed by atoms with Gasteiger partial charge in [-0.1, -0.05) is 38.1 Å². The molecule has 1 heterocycles. The topological polar surface area (TPSA) is 47.3 Å². The van der Waals surface area contributed by atoms with Crippen molar-refractivity contribution in [3.8, 4) is 6.07 Å². The van der Waals surface area contributed by atoms with Crippen molar-refractivity contribution in [1.29, 1.82) is 5.26 Å². The maximum absolute atomic E-state index is 13.2. The second kappa shape index (κ2) is 8.99. The number of benzene rings is 2. The summed E-state index contributed by atoms with van der Waals surface area (Å²) in [4.78, 5) is 17.4. The molecule has 1 saturated heterocycles. The van der Waals surface area contributed by atoms with E-state index in [2.05, 4.69) is 24.8 Å². The lowest BCUT2D eigenvalue weighted by Crippen LogP contribution is -2.45. The van der Waals surface area contributed by atoms with Crippen molar-refractivity contribution in [3.63, 3.8) is 0 Å². The van der Waals surface area contributed by atoms with Crippen LogP contribution in [0.1, 0.15) is 41.8 Å². The molecule has 3 rings (SSSR count). The Morgan fingerprint density at radius 3 is 2.57 bits per heavy atom. The Morgan fingerprint density at radius 1 is 1.18 bits per heavy atom. The van der Waals surface area contributed by atoms with E-state index >= 15 is 0 Å². The summed E-state index contributed by atoms with van der Waals surface area (Å²) in [6, 6.07) is 15.9. The fourth-order valence-electron chi connectivity index (χ4n) is 3.84. The number of halogens is 1. The zero-order valence-corrected chi connectivity index (χ0v) is 16.4. The van der Waals surface area contributed by atoms with Crippen LogP contribution in [0, 0.1) is 23.1 Å². The largest absolute Gasteiger partial charge is 0.337 e. The Bertz CT molecular complexity index is 857. The molecule has 1 unspecified atom stereocenters. The van der Waals surface area contributed by atoms with E-state index in [0.29, 0.717) is 30.1 Å². The monoisotopic (exact) mass is 379 g/mol. The van der Waals surface area contributed by atoms with E-state index in [4.69, 9.17) is 0 Å². The molecule has 0 aliphatic carbocycles. The average Bonchev–Trinajstić information content (AvgIpc) is 2.92. The van der Waals surface area contributed by atoms with Crippen LogP contribution in [0.15, 0.2) is 48.5 Å². The van der Waals surface area contributed by atoms with Gasteiger partial charge in [0.1, 0.15) is 5.82 Å². The van der Waals surface area contributed by atoms with E-state index < -0.39 is 0 Å². The molecule has 4 nitrogen and oxygen atoms in total. The smallest absolute Gasteiger partial charge is 0.255 e. The minimum Gasteiger partial charge on any atom is -0.337 e. The molecular weight excluding hydrogens is 353 g/mol. The molecule has 0 saturated carbocycles. The Hall–Kier alpha value is -2.71. The first-order valence-corrected chi connectivity index (χ1v) is 9.76. The third-order valence-corrected chi connectivity index (χ3v) is 5.38. The fraction of sp³-hybridized carbons (Fsp3) is 0.391. The first-order chi connectivity index (χ1) is 13.5. The number of amides is 1. The van der Waals surface area contributed by atoms with Gasteiger partial charge in [0.2, 0.25) is 0 Å². The Kier molecular flexibility index (Phi) is 6.43. The maximum Gasteiger partial charge on any atom is 0.255 e. The molecule has 5 heteroatoms. The standard InChI is InChI=1S/C23H26FN3O/c1-17(2)22-16-27(23(28)21-7-4-3-6-19(21)14-25)13-5-12-26(22)15-18-8-10-20(24)11-9-18/h3-4,6-11,17,22H,5,12-13,15-16H2,1-2H3. The van der Waals surface area contributed by atoms with Gasteiger partial charge in [-0.2, -0.15) is 5.26 Å². The van der Waals surface area contributed by atoms with Crippen LogP contribution < -0.4 is 0 Å². The summed E-state index contributed by atoms with van der Waals surface area (Å²) in [5.41, 5.74) is 1.96. The minimum atomic E-state index is -0.229. The number of carbonyl (C=O) groups excluding carboxylic acids is 1. The van der Waals surface area contributed by atoms with Crippen molar-refractivity contribution in [2.45, 2.75) is 32.9 Å². The third-order valence-electron chi connectivity index (χ3n) is 5.38. The van der Waals surface area contributed by atoms with Gasteiger partial charge in [-0.15, -0.1) is 0 Å². The van der Waals surface area contributed by atoms with Gasteiger partial charge in [0.15, 0.2) is 0 Å². The van der Waals surface area contributed by atoms with E-state index in [0.717, 1.165) is 25.1 Å². The highest BCUT2D eigenvalue weighted by molar-refractivity contribution is 5.96. The van der Waals surface area contributed by atoms with Gasteiger partial charge >= 0.3 is 0 Å². The predicted octanol–water partition coefficient (Wildman–Crippen LogP) is 4.07. The zero-order valence-electron chi connectivity index (χ0n) is 16.4. The van der Waals surface area contributed by atoms with Gasteiger partial charge in [0.05, 0.1) is 17.2 Å². The van der Waals surface area contributed by atoms with Gasteiger partial charge in [0.25, 0.3) is 5.91 Å². The molecule has 0 radical (unpaired) electrons. The van der Waals surface area contributed by atoms with Crippen molar-refractivity contribution >= 4 is 5.91 Å². The van der Waals surface area contributed by atoms with Crippen molar-refractivity contribution in [1.82, 2.24) is 9.80 Å². The van der Waals surface area contributed by atoms with Crippen molar-refractivity contribution in [3.05, 3.63) is 71.0 Å². The summed E-state index contributed by atoms with van der Waals surface area (Å²) < 4.78 is 13.2. The molecule has 1 aliphatic rings. The molecule has 0 bridgehead atoms. The summed E-state index contributed by atoms with van der Waals surface area (Å²) in [7, 11) is 0. The molecular formula is C23H26FN3O. The Morgan fingerprint density at radius 2 is 1.89 bits per heavy atom. The number of nitrogens with zero attached hydrogens (tertiary/aromatic N) is 3. The van der Waals surface area contributed by atoms with E-state index in [1.807, 2.05) is 17.0 Å². The normalized spacial score (nSPS) is 18.0. The van der Waals surface area contributed by atoms with E-state index in [1.54, 1.807) is 24.3 Å². The first-order valence-electron chi connectivity index (χ1n) is 9.76. The SMILES string of the molecule is CC(C)C1CN(C(=O)c2ccccc2C#N)CCCN1Cc1ccc(F)cc1. The lowest BCUT2D eigenvalue weighted by Gasteiger charge is -2.34. The minimum absolute atomic E-state index is 0.0774. The zero-order chi connectivity index (χ0) is 20.1. The number of hydrogen-bond acceptors (Lipinski definition) is 3. The van der Waals surface area contributed by atoms with Crippen LogP contribution in [-0.2, 0) is 6.54 Å². The molecule has 2 aromatic rings. The maximum atomic E-state index is 13.2. The number of carbonyl (C=O) groups is 1. The quantitative estimate of drug-likeness (QED) is 0.805. The van der Waals surface area contributed by atoms with E-state index in [1.165, 1.54) is 12.1 Å². The van der Waals surface area contributed by atoms with Gasteiger partial charge in [-0.3, -0.25) is 9.69 Å². The van der Waals surface area contributed by atoms with E-state index in [-0.39, 0.29) is 17.8 Å². The second-order valence-electron chi connectivity index (χ2n) is 7.67. The fourth-order valence-corrected chi connectivity index (χ4v) is 3.84. The Labute approximate surface area is 166 Å². The van der Waals surface area contributed by atoms with Gasteiger partial charge in [-0.25, -0.2) is 4.39 Å². The van der Waals surface area contributed by atoms with Crippen molar-refractivity contribution in [2.24, 2.45) is 5.92 Å². The number of rotatable bonds is 4. The molecule has 1 atom stereocenters. The summed E-state index contributed by atoms with van der Waals surface area (Å²) in [5, 5.41) is 9.33. The summed E-state index contributed by atoms with van der Waals surface area (Å²) in [5.74, 6) is 0.0550. The third kappa shape index (κ3) is 4.58. The number of nitriles is 1. The van der Waals surface area contributed by atoms with Crippen LogP contribution in [0.4, 0.5) is 4.39 Å². The highest BCUT2D eigenvalue weighted by Gasteiger charge is 2.30. The number of hydrogen-bond donors (Lipinski definition) is 0. The molecule has 0 aromatic heterocycles. The van der Waals surface area contributed by atoms with Crippen LogP contribution in [0.5, 0.6) is 0 Å². The molecule has 2 aromatic carbocycles. The van der Waals surface area contributed by atoms with Crippen LogP contribution in [-0.4, -0.2) is 41.4 Å². The van der Waals surface area contributed by atoms with Gasteiger partial charge < -0.3 is 4.90 Å². The molecule has 1 aliphatic heterocycles. The highest BCUT2D eigenvalue weighted by Crippen LogP contribution is 2.22. The van der Waals surface area contributed by atoms with Gasteiger partial charge in [-0.05, 0) is 42.2 Å². The van der Waals surface area contributed by atoms with Gasteiger partial charge in [0, 0.05) is 32.2 Å². The van der Waals surface area contributed by atoms with Crippen LogP contribution in [0.2, 0.25) is 0 Å². The summed E-state index contributed by atoms with van der Waals surface area (Å²) in [6.45, 7) is 7.24. The molecule has 146 valence electrons. The van der Waals surface area contributed by atoms with Crippen LogP contribution in [0.3, 0.4) is 0 Å². The summed E-state index contributed by atoms with van der Waals surface area (Å²) >= 11 is 0. The van der Waals surface area contributed by atoms with Crippen LogP contribution in [0.25, 0.3) is 0 Å². The lowest BCUT2D eigenvalue weighted by atomic mass is 10.0. The van der Waals surface area contributed by atoms with Crippen molar-refractivity contribution < 1.29 is 9.18 Å². The molecule has 0 spiro atoms. The lowest BCUT2D eigenvalue weighted by molar-refractivity contribution is 0.0702. The molecule has 28 heavy (non-hydrogen) atoms. The van der Waals surface area contributed by atoms with E-state index in [9.17, 15) is 14.4 Å². The van der Waals surface area contributed by atoms with Crippen LogP contribution >= 0.6 is 0 Å². The highest BCUT2D eigenvalue weighted by atomic mass is 19.1. The Balaban J connectivity index is 1.79. The average molecular weight is 379 g/mol. The predicted molar refractivity (Wildman–Crippen MR) is 107 cm³/mol. The first kappa shape index (κ1) is 20.0. The second-order valence-corrected chi connectivity index (χ2v) is 7.67. The van der Waals surface area contributed by atoms with Crippen molar-refractivity contribution in [2.75, 3.05) is 19.6 Å². The summed E-state index contributed by atoms with van der Waals surface area (Å²) in [6.07, 6.45) is 0.866. The molecule has 0 N–H and O–H groups in total.